The number of carbonyl (C=O) groups is 2. The first-order valence-electron chi connectivity index (χ1n) is 11.8. The highest BCUT2D eigenvalue weighted by Crippen LogP contribution is 2.33. The number of pyridine rings is 1. The van der Waals surface area contributed by atoms with Crippen molar-refractivity contribution in [2.45, 2.75) is 26.3 Å². The molecule has 0 aliphatic carbocycles. The van der Waals surface area contributed by atoms with Gasteiger partial charge in [0, 0.05) is 18.0 Å². The number of hydrogen-bond donors (Lipinski definition) is 1. The second-order valence-corrected chi connectivity index (χ2v) is 10.8. The van der Waals surface area contributed by atoms with Gasteiger partial charge in [-0.05, 0) is 54.3 Å². The van der Waals surface area contributed by atoms with Gasteiger partial charge in [0.15, 0.2) is 5.78 Å². The largest absolute Gasteiger partial charge is 0.494 e. The van der Waals surface area contributed by atoms with Crippen molar-refractivity contribution >= 4 is 57.7 Å². The summed E-state index contributed by atoms with van der Waals surface area (Å²) in [4.78, 5) is 40.8. The number of thiocarbonyl (C=S) groups is 1. The zero-order chi connectivity index (χ0) is 28.3. The fourth-order valence-corrected chi connectivity index (χ4v) is 5.66. The predicted molar refractivity (Wildman–Crippen MR) is 152 cm³/mol. The first-order valence-corrected chi connectivity index (χ1v) is 13.4. The van der Waals surface area contributed by atoms with E-state index in [1.807, 2.05) is 6.07 Å². The number of rotatable bonds is 8. The van der Waals surface area contributed by atoms with Crippen LogP contribution in [0.4, 0.5) is 4.39 Å². The first kappa shape index (κ1) is 28.2. The number of aromatic hydroxyl groups is 1. The Balaban J connectivity index is 1.51. The number of benzene rings is 2. The third-order valence-corrected chi connectivity index (χ3v) is 7.94. The third-order valence-electron chi connectivity index (χ3n) is 6.19. The maximum absolute atomic E-state index is 13.2. The van der Waals surface area contributed by atoms with E-state index in [4.69, 9.17) is 23.8 Å². The molecule has 3 aromatic rings. The van der Waals surface area contributed by atoms with E-state index in [0.29, 0.717) is 25.4 Å². The molecule has 1 N–H and O–H groups in total. The van der Waals surface area contributed by atoms with Gasteiger partial charge in [-0.1, -0.05) is 65.9 Å². The summed E-state index contributed by atoms with van der Waals surface area (Å²) >= 11 is 12.7. The number of ketones is 1. The molecule has 4 rings (SSSR count). The lowest BCUT2D eigenvalue weighted by Gasteiger charge is -2.17. The van der Waals surface area contributed by atoms with Crippen molar-refractivity contribution in [3.63, 3.8) is 0 Å². The van der Waals surface area contributed by atoms with Gasteiger partial charge in [-0.2, -0.15) is 5.26 Å². The number of nitriles is 1. The summed E-state index contributed by atoms with van der Waals surface area (Å²) in [7, 11) is 0. The van der Waals surface area contributed by atoms with Crippen LogP contribution in [0, 0.1) is 24.1 Å². The fourth-order valence-electron chi connectivity index (χ4n) is 4.15. The number of thioether (sulfide) groups is 1. The number of carbonyl (C=O) groups excluding carboxylic acids is 2. The van der Waals surface area contributed by atoms with Crippen LogP contribution in [0.15, 0.2) is 58.2 Å². The standard InChI is InChI=1S/C28H21ClFN3O4S2/c1-16-20(14-31)25(35)33(15-18-5-2-3-6-21(18)29)27(37)24(16)22(34)7-4-12-32-26(36)23(39-28(32)38)13-17-8-10-19(30)11-9-17/h2-3,5-6,8-11,13,37H,4,7,12,15H2,1H3/b23-13-. The second kappa shape index (κ2) is 11.9. The van der Waals surface area contributed by atoms with Gasteiger partial charge in [-0.15, -0.1) is 0 Å². The van der Waals surface area contributed by atoms with Crippen LogP contribution in [0.2, 0.25) is 5.02 Å². The molecule has 11 heteroatoms. The Kier molecular flexibility index (Phi) is 8.65. The van der Waals surface area contributed by atoms with Gasteiger partial charge >= 0.3 is 0 Å². The minimum Gasteiger partial charge on any atom is -0.494 e. The van der Waals surface area contributed by atoms with Gasteiger partial charge in [-0.25, -0.2) is 4.39 Å². The summed E-state index contributed by atoms with van der Waals surface area (Å²) < 4.78 is 14.5. The summed E-state index contributed by atoms with van der Waals surface area (Å²) in [5.41, 5.74) is 0.178. The number of amides is 1. The molecule has 0 atom stereocenters. The summed E-state index contributed by atoms with van der Waals surface area (Å²) in [6.07, 6.45) is 1.77. The molecular formula is C28H21ClFN3O4S2. The van der Waals surface area contributed by atoms with Crippen LogP contribution in [0.5, 0.6) is 5.88 Å². The summed E-state index contributed by atoms with van der Waals surface area (Å²) in [6.45, 7) is 1.47. The quantitative estimate of drug-likeness (QED) is 0.215. The third kappa shape index (κ3) is 5.96. The number of hydrogen-bond acceptors (Lipinski definition) is 7. The molecule has 1 amide bonds. The molecule has 0 saturated carbocycles. The maximum atomic E-state index is 13.2. The van der Waals surface area contributed by atoms with Crippen LogP contribution in [0.3, 0.4) is 0 Å². The highest BCUT2D eigenvalue weighted by Gasteiger charge is 2.32. The fraction of sp³-hybridized carbons (Fsp3) is 0.179. The molecule has 1 aliphatic rings. The highest BCUT2D eigenvalue weighted by atomic mass is 35.5. The Morgan fingerprint density at radius 1 is 1.21 bits per heavy atom. The molecule has 0 radical (unpaired) electrons. The van der Waals surface area contributed by atoms with Gasteiger partial charge in [0.2, 0.25) is 5.88 Å². The van der Waals surface area contributed by atoms with Crippen molar-refractivity contribution in [1.29, 1.82) is 5.26 Å². The molecule has 2 heterocycles. The maximum Gasteiger partial charge on any atom is 0.271 e. The van der Waals surface area contributed by atoms with Gasteiger partial charge < -0.3 is 5.11 Å². The zero-order valence-corrected chi connectivity index (χ0v) is 23.0. The average Bonchev–Trinajstić information content (AvgIpc) is 3.16. The van der Waals surface area contributed by atoms with E-state index in [9.17, 15) is 29.1 Å². The number of nitrogens with zero attached hydrogens (tertiary/aromatic N) is 3. The van der Waals surface area contributed by atoms with Crippen LogP contribution in [-0.2, 0) is 11.3 Å². The van der Waals surface area contributed by atoms with Crippen molar-refractivity contribution in [2.75, 3.05) is 6.54 Å². The Bertz CT molecular complexity index is 1630. The molecule has 39 heavy (non-hydrogen) atoms. The smallest absolute Gasteiger partial charge is 0.271 e. The molecule has 1 saturated heterocycles. The molecule has 7 nitrogen and oxygen atoms in total. The summed E-state index contributed by atoms with van der Waals surface area (Å²) in [5, 5.41) is 20.9. The molecule has 1 fully saturated rings. The highest BCUT2D eigenvalue weighted by molar-refractivity contribution is 8.26. The molecule has 2 aromatic carbocycles. The molecule has 198 valence electrons. The second-order valence-electron chi connectivity index (χ2n) is 8.70. The topological polar surface area (TPSA) is 103 Å². The predicted octanol–water partition coefficient (Wildman–Crippen LogP) is 5.44. The SMILES string of the molecule is Cc1c(C(=O)CCCN2C(=O)/C(=C/c3ccc(F)cc3)SC2=S)c(O)n(Cc2ccccc2Cl)c(=O)c1C#N. The van der Waals surface area contributed by atoms with E-state index in [1.54, 1.807) is 42.5 Å². The lowest BCUT2D eigenvalue weighted by atomic mass is 9.99. The van der Waals surface area contributed by atoms with E-state index < -0.39 is 17.2 Å². The van der Waals surface area contributed by atoms with Crippen molar-refractivity contribution < 1.29 is 19.1 Å². The van der Waals surface area contributed by atoms with Crippen LogP contribution in [-0.4, -0.2) is 37.1 Å². The van der Waals surface area contributed by atoms with Crippen LogP contribution >= 0.6 is 35.6 Å². The van der Waals surface area contributed by atoms with E-state index in [1.165, 1.54) is 24.0 Å². The molecule has 1 aromatic heterocycles. The molecule has 1 aliphatic heterocycles. The van der Waals surface area contributed by atoms with Crippen LogP contribution in [0.1, 0.15) is 45.5 Å². The number of halogens is 2. The lowest BCUT2D eigenvalue weighted by molar-refractivity contribution is -0.122. The van der Waals surface area contributed by atoms with Crippen LogP contribution in [0.25, 0.3) is 6.08 Å². The van der Waals surface area contributed by atoms with Crippen molar-refractivity contribution in [3.05, 3.63) is 102 Å². The van der Waals surface area contributed by atoms with Gasteiger partial charge in [-0.3, -0.25) is 23.9 Å². The van der Waals surface area contributed by atoms with Gasteiger partial charge in [0.05, 0.1) is 17.0 Å². The Morgan fingerprint density at radius 3 is 2.56 bits per heavy atom. The van der Waals surface area contributed by atoms with E-state index in [2.05, 4.69) is 0 Å². The van der Waals surface area contributed by atoms with Crippen molar-refractivity contribution in [1.82, 2.24) is 9.47 Å². The Labute approximate surface area is 238 Å². The van der Waals surface area contributed by atoms with E-state index in [-0.39, 0.29) is 54.3 Å². The Morgan fingerprint density at radius 2 is 1.90 bits per heavy atom. The van der Waals surface area contributed by atoms with Gasteiger partial charge in [0.25, 0.3) is 11.5 Å². The van der Waals surface area contributed by atoms with E-state index in [0.717, 1.165) is 16.3 Å². The Hall–Kier alpha value is -3.78. The van der Waals surface area contributed by atoms with Crippen molar-refractivity contribution in [2.24, 2.45) is 0 Å². The average molecular weight is 582 g/mol. The van der Waals surface area contributed by atoms with E-state index >= 15 is 0 Å². The summed E-state index contributed by atoms with van der Waals surface area (Å²) in [5.74, 6) is -1.73. The minimum absolute atomic E-state index is 0.0718. The number of aromatic nitrogens is 1. The zero-order valence-electron chi connectivity index (χ0n) is 20.6. The van der Waals surface area contributed by atoms with Gasteiger partial charge in [0.1, 0.15) is 21.8 Å². The monoisotopic (exact) mass is 581 g/mol. The summed E-state index contributed by atoms with van der Waals surface area (Å²) in [6, 6.07) is 14.3. The molecule has 0 bridgehead atoms. The first-order chi connectivity index (χ1) is 18.6. The molecule has 0 spiro atoms. The molecule has 0 unspecified atom stereocenters. The minimum atomic E-state index is -0.727. The van der Waals surface area contributed by atoms with Crippen LogP contribution < -0.4 is 5.56 Å². The normalized spacial score (nSPS) is 14.2. The molecular weight excluding hydrogens is 561 g/mol. The number of Topliss-reactive ketones (excluding diaryl/α,β-unsaturated/α-hetero) is 1. The lowest BCUT2D eigenvalue weighted by Crippen LogP contribution is -2.30. The van der Waals surface area contributed by atoms with Crippen molar-refractivity contribution in [3.8, 4) is 11.9 Å².